The first-order valence-corrected chi connectivity index (χ1v) is 13.1. The number of rotatable bonds is 17. The molecule has 0 saturated heterocycles. The van der Waals surface area contributed by atoms with Crippen molar-refractivity contribution in [3.05, 3.63) is 97.1 Å². The lowest BCUT2D eigenvalue weighted by Gasteiger charge is -2.24. The van der Waals surface area contributed by atoms with Gasteiger partial charge in [0.05, 0.1) is 24.5 Å². The van der Waals surface area contributed by atoms with E-state index in [-0.39, 0.29) is 43.3 Å². The van der Waals surface area contributed by atoms with Crippen molar-refractivity contribution in [2.45, 2.75) is 51.1 Å². The third-order valence-electron chi connectivity index (χ3n) is 6.22. The summed E-state index contributed by atoms with van der Waals surface area (Å²) >= 11 is 0. The number of allylic oxidation sites excluding steroid dienone is 2. The SMILES string of the molecule is C=CCC[C@H](Cc1ccccc1)C(=O)OC[C@@H](NC(=O)[C@H](CC=C)CC(=O)N[C@H](C)CO)c1ccccc1. The monoisotopic (exact) mass is 520 g/mol. The fourth-order valence-corrected chi connectivity index (χ4v) is 4.09. The third-order valence-corrected chi connectivity index (χ3v) is 6.22. The molecule has 0 fully saturated rings. The van der Waals surface area contributed by atoms with Gasteiger partial charge < -0.3 is 20.5 Å². The summed E-state index contributed by atoms with van der Waals surface area (Å²) in [6.07, 6.45) is 5.49. The van der Waals surface area contributed by atoms with Gasteiger partial charge in [-0.25, -0.2) is 0 Å². The summed E-state index contributed by atoms with van der Waals surface area (Å²) < 4.78 is 5.76. The molecular weight excluding hydrogens is 480 g/mol. The van der Waals surface area contributed by atoms with E-state index in [2.05, 4.69) is 23.8 Å². The van der Waals surface area contributed by atoms with E-state index < -0.39 is 18.0 Å². The molecule has 3 N–H and O–H groups in total. The van der Waals surface area contributed by atoms with Crippen LogP contribution < -0.4 is 10.6 Å². The molecule has 0 unspecified atom stereocenters. The number of ether oxygens (including phenoxy) is 1. The van der Waals surface area contributed by atoms with E-state index in [1.807, 2.05) is 60.7 Å². The van der Waals surface area contributed by atoms with Crippen LogP contribution in [0.1, 0.15) is 49.8 Å². The van der Waals surface area contributed by atoms with Crippen molar-refractivity contribution in [1.82, 2.24) is 10.6 Å². The van der Waals surface area contributed by atoms with E-state index in [0.717, 1.165) is 11.1 Å². The predicted octanol–water partition coefficient (Wildman–Crippen LogP) is 4.29. The molecule has 0 aliphatic carbocycles. The average Bonchev–Trinajstić information content (AvgIpc) is 2.93. The van der Waals surface area contributed by atoms with E-state index in [1.165, 1.54) is 0 Å². The van der Waals surface area contributed by atoms with Gasteiger partial charge in [0, 0.05) is 12.5 Å². The fourth-order valence-electron chi connectivity index (χ4n) is 4.09. The molecule has 7 heteroatoms. The summed E-state index contributed by atoms with van der Waals surface area (Å²) in [5.74, 6) is -1.99. The maximum Gasteiger partial charge on any atom is 0.309 e. The van der Waals surface area contributed by atoms with Gasteiger partial charge in [-0.05, 0) is 43.7 Å². The van der Waals surface area contributed by atoms with Gasteiger partial charge in [0.1, 0.15) is 6.61 Å². The van der Waals surface area contributed by atoms with Crippen molar-refractivity contribution in [1.29, 1.82) is 0 Å². The molecule has 0 radical (unpaired) electrons. The summed E-state index contributed by atoms with van der Waals surface area (Å²) in [6, 6.07) is 18.1. The number of hydrogen-bond donors (Lipinski definition) is 3. The molecule has 2 amide bonds. The molecule has 0 aromatic heterocycles. The zero-order valence-electron chi connectivity index (χ0n) is 22.2. The van der Waals surface area contributed by atoms with Crippen LogP contribution in [0.4, 0.5) is 0 Å². The Morgan fingerprint density at radius 2 is 1.61 bits per heavy atom. The van der Waals surface area contributed by atoms with E-state index in [9.17, 15) is 19.5 Å². The highest BCUT2D eigenvalue weighted by Crippen LogP contribution is 2.20. The Labute approximate surface area is 226 Å². The molecule has 2 rings (SSSR count). The van der Waals surface area contributed by atoms with Crippen LogP contribution in [0.25, 0.3) is 0 Å². The Hall–Kier alpha value is -3.71. The zero-order valence-corrected chi connectivity index (χ0v) is 22.2. The Morgan fingerprint density at radius 1 is 0.947 bits per heavy atom. The van der Waals surface area contributed by atoms with Crippen LogP contribution in [0, 0.1) is 11.8 Å². The lowest BCUT2D eigenvalue weighted by atomic mass is 9.95. The van der Waals surface area contributed by atoms with Crippen LogP contribution in [0.5, 0.6) is 0 Å². The number of carbonyl (C=O) groups excluding carboxylic acids is 3. The van der Waals surface area contributed by atoms with Gasteiger partial charge >= 0.3 is 5.97 Å². The van der Waals surface area contributed by atoms with Crippen LogP contribution in [0.3, 0.4) is 0 Å². The first-order valence-electron chi connectivity index (χ1n) is 13.1. The topological polar surface area (TPSA) is 105 Å². The van der Waals surface area contributed by atoms with Crippen LogP contribution in [-0.2, 0) is 25.5 Å². The van der Waals surface area contributed by atoms with Crippen molar-refractivity contribution >= 4 is 17.8 Å². The average molecular weight is 521 g/mol. The molecule has 7 nitrogen and oxygen atoms in total. The first-order chi connectivity index (χ1) is 18.4. The van der Waals surface area contributed by atoms with Gasteiger partial charge in [-0.3, -0.25) is 14.4 Å². The second-order valence-electron chi connectivity index (χ2n) is 9.43. The van der Waals surface area contributed by atoms with Crippen LogP contribution in [0.2, 0.25) is 0 Å². The Morgan fingerprint density at radius 3 is 2.21 bits per heavy atom. The maximum atomic E-state index is 13.2. The van der Waals surface area contributed by atoms with Gasteiger partial charge in [0.2, 0.25) is 11.8 Å². The Balaban J connectivity index is 2.12. The summed E-state index contributed by atoms with van der Waals surface area (Å²) in [5, 5.41) is 14.8. The summed E-state index contributed by atoms with van der Waals surface area (Å²) in [6.45, 7) is 8.94. The molecule has 2 aromatic carbocycles. The number of hydrogen-bond acceptors (Lipinski definition) is 5. The quantitative estimate of drug-likeness (QED) is 0.213. The summed E-state index contributed by atoms with van der Waals surface area (Å²) in [4.78, 5) is 38.7. The third kappa shape index (κ3) is 10.7. The molecule has 0 saturated carbocycles. The number of benzene rings is 2. The second kappa shape index (κ2) is 16.9. The van der Waals surface area contributed by atoms with Gasteiger partial charge in [-0.2, -0.15) is 0 Å². The molecule has 204 valence electrons. The number of carbonyl (C=O) groups is 3. The van der Waals surface area contributed by atoms with Crippen molar-refractivity contribution in [2.24, 2.45) is 11.8 Å². The van der Waals surface area contributed by atoms with E-state index in [1.54, 1.807) is 19.1 Å². The highest BCUT2D eigenvalue weighted by molar-refractivity contribution is 5.86. The minimum Gasteiger partial charge on any atom is -0.463 e. The first kappa shape index (κ1) is 30.5. The highest BCUT2D eigenvalue weighted by Gasteiger charge is 2.27. The van der Waals surface area contributed by atoms with Crippen molar-refractivity contribution in [3.63, 3.8) is 0 Å². The Kier molecular flexibility index (Phi) is 13.6. The number of aliphatic hydroxyl groups is 1. The molecular formula is C31H40N2O5. The standard InChI is InChI=1S/C31H40N2O5/c1-4-6-16-27(19-24-14-9-7-10-15-24)31(37)38-22-28(25-17-11-8-12-18-25)33-30(36)26(13-5-2)20-29(35)32-23(3)21-34/h4-5,7-12,14-15,17-18,23,26-28,34H,1-2,6,13,16,19-22H2,3H3,(H,32,35)(H,33,36)/t23-,26-,27-,28-/m1/s1. The number of aliphatic hydroxyl groups excluding tert-OH is 1. The van der Waals surface area contributed by atoms with Gasteiger partial charge in [0.25, 0.3) is 0 Å². The predicted molar refractivity (Wildman–Crippen MR) is 149 cm³/mol. The molecule has 0 spiro atoms. The normalized spacial score (nSPS) is 13.8. The summed E-state index contributed by atoms with van der Waals surface area (Å²) in [7, 11) is 0. The van der Waals surface area contributed by atoms with Gasteiger partial charge in [0.15, 0.2) is 0 Å². The van der Waals surface area contributed by atoms with Crippen molar-refractivity contribution in [3.8, 4) is 0 Å². The molecule has 2 aromatic rings. The molecule has 38 heavy (non-hydrogen) atoms. The van der Waals surface area contributed by atoms with E-state index in [4.69, 9.17) is 4.74 Å². The van der Waals surface area contributed by atoms with Crippen LogP contribution >= 0.6 is 0 Å². The molecule has 0 bridgehead atoms. The fraction of sp³-hybridized carbons (Fsp3) is 0.387. The van der Waals surface area contributed by atoms with Gasteiger partial charge in [-0.15, -0.1) is 13.2 Å². The van der Waals surface area contributed by atoms with Crippen LogP contribution in [0.15, 0.2) is 86.0 Å². The van der Waals surface area contributed by atoms with E-state index in [0.29, 0.717) is 25.7 Å². The van der Waals surface area contributed by atoms with Crippen molar-refractivity contribution < 1.29 is 24.2 Å². The van der Waals surface area contributed by atoms with Gasteiger partial charge in [-0.1, -0.05) is 72.8 Å². The zero-order chi connectivity index (χ0) is 27.8. The molecule has 0 aliphatic heterocycles. The van der Waals surface area contributed by atoms with Crippen molar-refractivity contribution in [2.75, 3.05) is 13.2 Å². The Bertz CT molecular complexity index is 1030. The van der Waals surface area contributed by atoms with Crippen LogP contribution in [-0.4, -0.2) is 42.1 Å². The molecule has 4 atom stereocenters. The summed E-state index contributed by atoms with van der Waals surface area (Å²) in [5.41, 5.74) is 1.84. The minimum atomic E-state index is -0.654. The van der Waals surface area contributed by atoms with E-state index >= 15 is 0 Å². The second-order valence-corrected chi connectivity index (χ2v) is 9.43. The number of amides is 2. The lowest BCUT2D eigenvalue weighted by Crippen LogP contribution is -2.41. The minimum absolute atomic E-state index is 0.0392. The lowest BCUT2D eigenvalue weighted by molar-refractivity contribution is -0.150. The largest absolute Gasteiger partial charge is 0.463 e. The molecule has 0 heterocycles. The molecule has 0 aliphatic rings. The number of esters is 1. The number of nitrogens with one attached hydrogen (secondary N) is 2. The maximum absolute atomic E-state index is 13.2. The highest BCUT2D eigenvalue weighted by atomic mass is 16.5. The smallest absolute Gasteiger partial charge is 0.309 e.